The minimum Gasteiger partial charge on any atom is -1.00 e. The Hall–Kier alpha value is -0.540. The second kappa shape index (κ2) is 9.46. The summed E-state index contributed by atoms with van der Waals surface area (Å²) in [5, 5.41) is 0. The lowest BCUT2D eigenvalue weighted by molar-refractivity contribution is -0.366. The third-order valence-corrected chi connectivity index (χ3v) is 0.911. The summed E-state index contributed by atoms with van der Waals surface area (Å²) in [6.45, 7) is 3.04. The molecule has 0 aliphatic rings. The molecule has 3 N–H and O–H groups in total. The van der Waals surface area contributed by atoms with Crippen LogP contribution in [0.1, 0.15) is 13.3 Å². The molecular weight excluding hydrogens is 166 g/mol. The quantitative estimate of drug-likeness (QED) is 0.364. The number of carbonyl (C=O) groups is 1. The van der Waals surface area contributed by atoms with E-state index in [0.29, 0.717) is 6.61 Å². The maximum Gasteiger partial charge on any atom is 0.330 e. The van der Waals surface area contributed by atoms with Gasteiger partial charge in [0.25, 0.3) is 0 Å². The fourth-order valence-corrected chi connectivity index (χ4v) is 0.488. The van der Waals surface area contributed by atoms with E-state index in [2.05, 4.69) is 10.5 Å². The number of ether oxygens (including phenoxy) is 1. The third kappa shape index (κ3) is 9.46. The predicted molar refractivity (Wildman–Crippen MR) is 38.1 cm³/mol. The van der Waals surface area contributed by atoms with Gasteiger partial charge in [-0.15, -0.1) is 0 Å². The van der Waals surface area contributed by atoms with Crippen LogP contribution in [0, 0.1) is 0 Å². The smallest absolute Gasteiger partial charge is 0.330 e. The second-order valence-corrected chi connectivity index (χ2v) is 1.80. The van der Waals surface area contributed by atoms with Crippen molar-refractivity contribution in [3.8, 4) is 0 Å². The maximum absolute atomic E-state index is 10.6. The first-order valence-corrected chi connectivity index (χ1v) is 3.43. The van der Waals surface area contributed by atoms with E-state index < -0.39 is 0 Å². The summed E-state index contributed by atoms with van der Waals surface area (Å²) in [6.07, 6.45) is 4.04. The lowest BCUT2D eigenvalue weighted by atomic mass is 10.4. The molecule has 0 unspecified atom stereocenters. The molecule has 0 aromatic rings. The normalized spacial score (nSPS) is 9.27. The fraction of sp³-hybridized carbons (Fsp3) is 0.571. The molecular formula is C7H14ClNO2. The van der Waals surface area contributed by atoms with Crippen LogP contribution in [0.4, 0.5) is 0 Å². The van der Waals surface area contributed by atoms with Gasteiger partial charge in [-0.05, 0) is 6.92 Å². The molecule has 0 radical (unpaired) electrons. The average molecular weight is 180 g/mol. The first-order chi connectivity index (χ1) is 4.81. The van der Waals surface area contributed by atoms with Crippen molar-refractivity contribution in [2.24, 2.45) is 0 Å². The maximum atomic E-state index is 10.6. The van der Waals surface area contributed by atoms with Gasteiger partial charge in [0.15, 0.2) is 0 Å². The third-order valence-electron chi connectivity index (χ3n) is 0.911. The zero-order valence-corrected chi connectivity index (χ0v) is 7.43. The Kier molecular flexibility index (Phi) is 11.2. The highest BCUT2D eigenvalue weighted by atomic mass is 35.5. The molecule has 0 amide bonds. The van der Waals surface area contributed by atoms with Crippen LogP contribution in [0.3, 0.4) is 0 Å². The lowest BCUT2D eigenvalue weighted by Gasteiger charge is -1.92. The summed E-state index contributed by atoms with van der Waals surface area (Å²) < 4.78 is 4.64. The molecule has 0 aliphatic carbocycles. The van der Waals surface area contributed by atoms with E-state index in [0.717, 1.165) is 13.0 Å². The molecule has 0 saturated heterocycles. The van der Waals surface area contributed by atoms with Gasteiger partial charge in [0, 0.05) is 12.5 Å². The molecule has 0 bridgehead atoms. The average Bonchev–Trinajstić information content (AvgIpc) is 1.89. The number of hydrogen-bond acceptors (Lipinski definition) is 2. The van der Waals surface area contributed by atoms with Crippen LogP contribution < -0.4 is 18.1 Å². The molecule has 0 aromatic carbocycles. The SMILES string of the molecule is CCOC(=O)/C=C/CC[NH3+].[Cl-]. The zero-order valence-electron chi connectivity index (χ0n) is 6.68. The van der Waals surface area contributed by atoms with Gasteiger partial charge in [0.1, 0.15) is 0 Å². The van der Waals surface area contributed by atoms with E-state index in [4.69, 9.17) is 0 Å². The largest absolute Gasteiger partial charge is 1.00 e. The monoisotopic (exact) mass is 179 g/mol. The predicted octanol–water partition coefficient (Wildman–Crippen LogP) is -3.26. The minimum absolute atomic E-state index is 0. The first kappa shape index (κ1) is 13.1. The van der Waals surface area contributed by atoms with Crippen molar-refractivity contribution in [3.05, 3.63) is 12.2 Å². The Morgan fingerprint density at radius 3 is 2.73 bits per heavy atom. The molecule has 11 heavy (non-hydrogen) atoms. The lowest BCUT2D eigenvalue weighted by Crippen LogP contribution is -3.00. The van der Waals surface area contributed by atoms with Crippen LogP contribution in [0.25, 0.3) is 0 Å². The van der Waals surface area contributed by atoms with Crippen LogP contribution in [0.15, 0.2) is 12.2 Å². The van der Waals surface area contributed by atoms with Crippen LogP contribution in [0.2, 0.25) is 0 Å². The molecule has 0 spiro atoms. The van der Waals surface area contributed by atoms with Crippen LogP contribution >= 0.6 is 0 Å². The summed E-state index contributed by atoms with van der Waals surface area (Å²) in [6, 6.07) is 0. The summed E-state index contributed by atoms with van der Waals surface area (Å²) >= 11 is 0. The minimum atomic E-state index is -0.268. The molecule has 3 nitrogen and oxygen atoms in total. The number of halogens is 1. The molecule has 0 aliphatic heterocycles. The van der Waals surface area contributed by atoms with Gasteiger partial charge >= 0.3 is 5.97 Å². The van der Waals surface area contributed by atoms with Gasteiger partial charge in [0.2, 0.25) is 0 Å². The number of quaternary nitrogens is 1. The Balaban J connectivity index is 0. The van der Waals surface area contributed by atoms with E-state index in [1.807, 2.05) is 0 Å². The van der Waals surface area contributed by atoms with Crippen molar-refractivity contribution in [1.82, 2.24) is 0 Å². The number of rotatable bonds is 4. The highest BCUT2D eigenvalue weighted by Gasteiger charge is 1.90. The standard InChI is InChI=1S/C7H13NO2.ClH/c1-2-10-7(9)5-3-4-6-8;/h3,5H,2,4,6,8H2,1H3;1H/b5-3+;. The summed E-state index contributed by atoms with van der Waals surface area (Å²) in [7, 11) is 0. The molecule has 0 saturated carbocycles. The molecule has 0 aromatic heterocycles. The summed E-state index contributed by atoms with van der Waals surface area (Å²) in [5.74, 6) is -0.268. The highest BCUT2D eigenvalue weighted by Crippen LogP contribution is 1.82. The van der Waals surface area contributed by atoms with Gasteiger partial charge in [-0.2, -0.15) is 0 Å². The summed E-state index contributed by atoms with van der Waals surface area (Å²) in [5.41, 5.74) is 3.63. The van der Waals surface area contributed by atoms with Gasteiger partial charge in [-0.1, -0.05) is 6.08 Å². The molecule has 0 rings (SSSR count). The van der Waals surface area contributed by atoms with E-state index >= 15 is 0 Å². The van der Waals surface area contributed by atoms with Gasteiger partial charge in [-0.3, -0.25) is 0 Å². The zero-order chi connectivity index (χ0) is 7.82. The van der Waals surface area contributed by atoms with Crippen molar-refractivity contribution >= 4 is 5.97 Å². The Labute approximate surface area is 73.0 Å². The molecule has 0 atom stereocenters. The van der Waals surface area contributed by atoms with E-state index in [-0.39, 0.29) is 18.4 Å². The molecule has 0 fully saturated rings. The van der Waals surface area contributed by atoms with Crippen molar-refractivity contribution in [3.63, 3.8) is 0 Å². The fourth-order valence-electron chi connectivity index (χ4n) is 0.488. The van der Waals surface area contributed by atoms with E-state index in [1.165, 1.54) is 6.08 Å². The van der Waals surface area contributed by atoms with Gasteiger partial charge in [0.05, 0.1) is 13.2 Å². The van der Waals surface area contributed by atoms with Gasteiger partial charge < -0.3 is 22.9 Å². The van der Waals surface area contributed by atoms with E-state index in [9.17, 15) is 4.79 Å². The highest BCUT2D eigenvalue weighted by molar-refractivity contribution is 5.81. The second-order valence-electron chi connectivity index (χ2n) is 1.80. The van der Waals surface area contributed by atoms with Crippen LogP contribution in [-0.4, -0.2) is 19.1 Å². The number of esters is 1. The van der Waals surface area contributed by atoms with Crippen molar-refractivity contribution in [2.75, 3.05) is 13.2 Å². The van der Waals surface area contributed by atoms with E-state index in [1.54, 1.807) is 13.0 Å². The van der Waals surface area contributed by atoms with Crippen molar-refractivity contribution in [2.45, 2.75) is 13.3 Å². The number of hydrogen-bond donors (Lipinski definition) is 1. The molecule has 66 valence electrons. The van der Waals surface area contributed by atoms with Crippen molar-refractivity contribution < 1.29 is 27.7 Å². The Morgan fingerprint density at radius 2 is 2.27 bits per heavy atom. The van der Waals surface area contributed by atoms with Crippen LogP contribution in [-0.2, 0) is 9.53 Å². The Bertz CT molecular complexity index is 126. The van der Waals surface area contributed by atoms with Gasteiger partial charge in [-0.25, -0.2) is 4.79 Å². The Morgan fingerprint density at radius 1 is 1.64 bits per heavy atom. The first-order valence-electron chi connectivity index (χ1n) is 3.43. The number of carbonyl (C=O) groups excluding carboxylic acids is 1. The van der Waals surface area contributed by atoms with Crippen LogP contribution in [0.5, 0.6) is 0 Å². The summed E-state index contributed by atoms with van der Waals surface area (Å²) in [4.78, 5) is 10.6. The topological polar surface area (TPSA) is 53.9 Å². The molecule has 4 heteroatoms. The molecule has 0 heterocycles. The van der Waals surface area contributed by atoms with Crippen molar-refractivity contribution in [1.29, 1.82) is 0 Å².